The van der Waals surface area contributed by atoms with E-state index in [4.69, 9.17) is 17.3 Å². The Balaban J connectivity index is 1.61. The summed E-state index contributed by atoms with van der Waals surface area (Å²) < 4.78 is 0. The average Bonchev–Trinajstić information content (AvgIpc) is 2.51. The van der Waals surface area contributed by atoms with E-state index in [-0.39, 0.29) is 0 Å². The summed E-state index contributed by atoms with van der Waals surface area (Å²) in [5.41, 5.74) is 9.25. The Labute approximate surface area is 130 Å². The van der Waals surface area contributed by atoms with Crippen molar-refractivity contribution in [1.82, 2.24) is 4.90 Å². The van der Waals surface area contributed by atoms with Crippen LogP contribution in [0.3, 0.4) is 0 Å². The van der Waals surface area contributed by atoms with Gasteiger partial charge in [0.05, 0.1) is 10.7 Å². The van der Waals surface area contributed by atoms with E-state index in [1.165, 1.54) is 5.56 Å². The van der Waals surface area contributed by atoms with Crippen LogP contribution in [0.2, 0.25) is 5.02 Å². The van der Waals surface area contributed by atoms with Crippen LogP contribution >= 0.6 is 11.6 Å². The van der Waals surface area contributed by atoms with Crippen LogP contribution in [0.1, 0.15) is 5.56 Å². The van der Waals surface area contributed by atoms with E-state index >= 15 is 0 Å². The number of halogens is 1. The summed E-state index contributed by atoms with van der Waals surface area (Å²) in [6, 6.07) is 16.2. The first-order valence-electron chi connectivity index (χ1n) is 7.29. The molecule has 1 heterocycles. The first kappa shape index (κ1) is 14.2. The van der Waals surface area contributed by atoms with Crippen molar-refractivity contribution in [1.29, 1.82) is 0 Å². The van der Waals surface area contributed by atoms with Crippen molar-refractivity contribution in [2.45, 2.75) is 6.54 Å². The third-order valence-corrected chi connectivity index (χ3v) is 4.33. The lowest BCUT2D eigenvalue weighted by molar-refractivity contribution is 0.250. The Morgan fingerprint density at radius 1 is 0.905 bits per heavy atom. The largest absolute Gasteiger partial charge is 0.398 e. The normalized spacial score (nSPS) is 16.1. The Hall–Kier alpha value is -1.71. The second-order valence-electron chi connectivity index (χ2n) is 5.41. The Morgan fingerprint density at radius 3 is 2.29 bits per heavy atom. The zero-order chi connectivity index (χ0) is 14.7. The van der Waals surface area contributed by atoms with Gasteiger partial charge in [-0.15, -0.1) is 0 Å². The van der Waals surface area contributed by atoms with Gasteiger partial charge < -0.3 is 10.6 Å². The summed E-state index contributed by atoms with van der Waals surface area (Å²) in [5.74, 6) is 0. The third-order valence-electron chi connectivity index (χ3n) is 4.01. The van der Waals surface area contributed by atoms with Gasteiger partial charge in [-0.2, -0.15) is 0 Å². The lowest BCUT2D eigenvalue weighted by atomic mass is 10.1. The van der Waals surface area contributed by atoms with Crippen molar-refractivity contribution in [2.24, 2.45) is 0 Å². The maximum Gasteiger partial charge on any atom is 0.0639 e. The van der Waals surface area contributed by atoms with Gasteiger partial charge in [-0.1, -0.05) is 41.9 Å². The molecule has 0 aliphatic carbocycles. The molecule has 1 aliphatic rings. The second kappa shape index (κ2) is 6.37. The monoisotopic (exact) mass is 301 g/mol. The van der Waals surface area contributed by atoms with Crippen molar-refractivity contribution >= 4 is 23.0 Å². The molecule has 2 aromatic rings. The fraction of sp³-hybridized carbons (Fsp3) is 0.294. The molecule has 0 atom stereocenters. The van der Waals surface area contributed by atoms with Crippen LogP contribution in [0.15, 0.2) is 48.5 Å². The minimum absolute atomic E-state index is 0.832. The van der Waals surface area contributed by atoms with E-state index < -0.39 is 0 Å². The van der Waals surface area contributed by atoms with Crippen LogP contribution in [0.5, 0.6) is 0 Å². The van der Waals surface area contributed by atoms with Gasteiger partial charge in [-0.25, -0.2) is 0 Å². The molecule has 0 aromatic heterocycles. The molecule has 0 amide bonds. The van der Waals surface area contributed by atoms with Crippen molar-refractivity contribution in [2.75, 3.05) is 36.8 Å². The predicted octanol–water partition coefficient (Wildman–Crippen LogP) is 3.24. The van der Waals surface area contributed by atoms with Crippen LogP contribution in [0, 0.1) is 0 Å². The molecule has 2 N–H and O–H groups in total. The van der Waals surface area contributed by atoms with Crippen LogP contribution in [0.25, 0.3) is 0 Å². The number of nitrogens with zero attached hydrogens (tertiary/aromatic N) is 2. The van der Waals surface area contributed by atoms with E-state index in [1.54, 1.807) is 0 Å². The molecule has 0 unspecified atom stereocenters. The number of nitrogen functional groups attached to an aromatic ring is 1. The van der Waals surface area contributed by atoms with E-state index in [1.807, 2.05) is 36.4 Å². The number of para-hydroxylation sites is 2. The van der Waals surface area contributed by atoms with Gasteiger partial charge in [-0.05, 0) is 23.8 Å². The lowest BCUT2D eigenvalue weighted by Crippen LogP contribution is -2.46. The summed E-state index contributed by atoms with van der Waals surface area (Å²) in [5, 5.41) is 0.832. The predicted molar refractivity (Wildman–Crippen MR) is 89.8 cm³/mol. The molecule has 0 radical (unpaired) electrons. The number of nitrogens with two attached hydrogens (primary N) is 1. The molecule has 21 heavy (non-hydrogen) atoms. The first-order chi connectivity index (χ1) is 10.2. The lowest BCUT2D eigenvalue weighted by Gasteiger charge is -2.36. The van der Waals surface area contributed by atoms with Gasteiger partial charge in [0.25, 0.3) is 0 Å². The topological polar surface area (TPSA) is 32.5 Å². The first-order valence-corrected chi connectivity index (χ1v) is 7.67. The highest BCUT2D eigenvalue weighted by Crippen LogP contribution is 2.26. The molecule has 3 rings (SSSR count). The van der Waals surface area contributed by atoms with Gasteiger partial charge in [0.15, 0.2) is 0 Å². The summed E-state index contributed by atoms with van der Waals surface area (Å²) in [7, 11) is 0. The van der Waals surface area contributed by atoms with E-state index in [0.717, 1.165) is 49.1 Å². The van der Waals surface area contributed by atoms with Gasteiger partial charge >= 0.3 is 0 Å². The molecular weight excluding hydrogens is 282 g/mol. The molecule has 110 valence electrons. The maximum absolute atomic E-state index is 6.27. The number of rotatable bonds is 3. The number of piperazine rings is 1. The van der Waals surface area contributed by atoms with Crippen LogP contribution in [-0.4, -0.2) is 31.1 Å². The smallest absolute Gasteiger partial charge is 0.0639 e. The highest BCUT2D eigenvalue weighted by atomic mass is 35.5. The molecule has 4 heteroatoms. The number of anilines is 2. The molecule has 1 saturated heterocycles. The highest BCUT2D eigenvalue weighted by Gasteiger charge is 2.19. The molecule has 1 fully saturated rings. The molecular formula is C17H20ClN3. The van der Waals surface area contributed by atoms with E-state index in [2.05, 4.69) is 21.9 Å². The van der Waals surface area contributed by atoms with Gasteiger partial charge in [0.2, 0.25) is 0 Å². The van der Waals surface area contributed by atoms with E-state index in [0.29, 0.717) is 0 Å². The van der Waals surface area contributed by atoms with Crippen molar-refractivity contribution in [3.8, 4) is 0 Å². The van der Waals surface area contributed by atoms with Crippen molar-refractivity contribution < 1.29 is 0 Å². The van der Waals surface area contributed by atoms with Gasteiger partial charge in [-0.3, -0.25) is 4.90 Å². The molecule has 2 aromatic carbocycles. The average molecular weight is 302 g/mol. The SMILES string of the molecule is Nc1ccccc1CN1CCN(c2ccccc2Cl)CC1. The van der Waals surface area contributed by atoms with Crippen molar-refractivity contribution in [3.63, 3.8) is 0 Å². The molecule has 3 nitrogen and oxygen atoms in total. The standard InChI is InChI=1S/C17H20ClN3/c18-15-6-2-4-8-17(15)21-11-9-20(10-12-21)13-14-5-1-3-7-16(14)19/h1-8H,9-13,19H2. The van der Waals surface area contributed by atoms with Crippen LogP contribution in [-0.2, 0) is 6.54 Å². The van der Waals surface area contributed by atoms with Crippen LogP contribution in [0.4, 0.5) is 11.4 Å². The molecule has 1 aliphatic heterocycles. The molecule has 0 spiro atoms. The summed E-state index contributed by atoms with van der Waals surface area (Å²) in [6.45, 7) is 4.97. The fourth-order valence-corrected chi connectivity index (χ4v) is 3.03. The summed E-state index contributed by atoms with van der Waals surface area (Å²) in [4.78, 5) is 4.80. The number of hydrogen-bond acceptors (Lipinski definition) is 3. The Morgan fingerprint density at radius 2 is 1.57 bits per heavy atom. The number of benzene rings is 2. The quantitative estimate of drug-likeness (QED) is 0.883. The molecule has 0 bridgehead atoms. The fourth-order valence-electron chi connectivity index (χ4n) is 2.77. The minimum Gasteiger partial charge on any atom is -0.398 e. The van der Waals surface area contributed by atoms with E-state index in [9.17, 15) is 0 Å². The van der Waals surface area contributed by atoms with Crippen LogP contribution < -0.4 is 10.6 Å². The molecule has 0 saturated carbocycles. The zero-order valence-corrected chi connectivity index (χ0v) is 12.8. The Bertz CT molecular complexity index is 606. The van der Waals surface area contributed by atoms with Crippen molar-refractivity contribution in [3.05, 3.63) is 59.1 Å². The second-order valence-corrected chi connectivity index (χ2v) is 5.82. The van der Waals surface area contributed by atoms with Gasteiger partial charge in [0, 0.05) is 38.4 Å². The summed E-state index contributed by atoms with van der Waals surface area (Å²) >= 11 is 6.27. The highest BCUT2D eigenvalue weighted by molar-refractivity contribution is 6.33. The Kier molecular flexibility index (Phi) is 4.32. The third kappa shape index (κ3) is 3.31. The van der Waals surface area contributed by atoms with Gasteiger partial charge in [0.1, 0.15) is 0 Å². The maximum atomic E-state index is 6.27. The number of hydrogen-bond donors (Lipinski definition) is 1. The summed E-state index contributed by atoms with van der Waals surface area (Å²) in [6.07, 6.45) is 0. The zero-order valence-electron chi connectivity index (χ0n) is 12.0. The minimum atomic E-state index is 0.832.